The molecule has 0 aromatic heterocycles. The molecule has 1 aromatic carbocycles. The minimum absolute atomic E-state index is 0.801. The molecule has 0 aliphatic carbocycles. The van der Waals surface area contributed by atoms with Gasteiger partial charge in [0.15, 0.2) is 11.5 Å². The highest BCUT2D eigenvalue weighted by Gasteiger charge is 2.18. The van der Waals surface area contributed by atoms with Crippen LogP contribution >= 0.6 is 0 Å². The largest absolute Gasteiger partial charge is 0.493 e. The summed E-state index contributed by atoms with van der Waals surface area (Å²) < 4.78 is 10.8. The minimum Gasteiger partial charge on any atom is -0.493 e. The summed E-state index contributed by atoms with van der Waals surface area (Å²) in [5.74, 6) is 2.49. The Kier molecular flexibility index (Phi) is 4.48. The fraction of sp³-hybridized carbons (Fsp3) is 0.600. The first-order valence-electron chi connectivity index (χ1n) is 6.66. The summed E-state index contributed by atoms with van der Waals surface area (Å²) in [7, 11) is 3.39. The van der Waals surface area contributed by atoms with Crippen molar-refractivity contribution in [2.24, 2.45) is 5.92 Å². The zero-order chi connectivity index (χ0) is 13.0. The van der Waals surface area contributed by atoms with Gasteiger partial charge in [-0.3, -0.25) is 4.90 Å². The van der Waals surface area contributed by atoms with Crippen LogP contribution in [0.2, 0.25) is 0 Å². The van der Waals surface area contributed by atoms with Gasteiger partial charge in [-0.25, -0.2) is 0 Å². The van der Waals surface area contributed by atoms with Crippen molar-refractivity contribution in [2.75, 3.05) is 27.3 Å². The third-order valence-electron chi connectivity index (χ3n) is 3.62. The lowest BCUT2D eigenvalue weighted by Crippen LogP contribution is -2.33. The van der Waals surface area contributed by atoms with Crippen molar-refractivity contribution in [3.05, 3.63) is 23.8 Å². The predicted octanol–water partition coefficient (Wildman–Crippen LogP) is 2.94. The standard InChI is InChI=1S/C15H23NO2/c1-12-6-5-9-16(10-12)11-13-7-4-8-14(17-2)15(13)18-3/h4,7-8,12H,5-6,9-11H2,1-3H3/t12-/m0/s1. The molecule has 0 saturated carbocycles. The average Bonchev–Trinajstić information content (AvgIpc) is 2.38. The zero-order valence-corrected chi connectivity index (χ0v) is 11.6. The average molecular weight is 249 g/mol. The second kappa shape index (κ2) is 6.10. The number of nitrogens with zero attached hydrogens (tertiary/aromatic N) is 1. The molecule has 0 amide bonds. The van der Waals surface area contributed by atoms with Crippen LogP contribution in [0.1, 0.15) is 25.3 Å². The van der Waals surface area contributed by atoms with Gasteiger partial charge in [-0.1, -0.05) is 19.1 Å². The van der Waals surface area contributed by atoms with E-state index in [2.05, 4.69) is 17.9 Å². The van der Waals surface area contributed by atoms with E-state index < -0.39 is 0 Å². The van der Waals surface area contributed by atoms with Gasteiger partial charge in [0.1, 0.15) is 0 Å². The van der Waals surface area contributed by atoms with E-state index in [0.717, 1.165) is 24.0 Å². The summed E-state index contributed by atoms with van der Waals surface area (Å²) in [5.41, 5.74) is 1.21. The topological polar surface area (TPSA) is 21.7 Å². The van der Waals surface area contributed by atoms with Crippen LogP contribution in [0.4, 0.5) is 0 Å². The van der Waals surface area contributed by atoms with Crippen LogP contribution in [-0.2, 0) is 6.54 Å². The lowest BCUT2D eigenvalue weighted by atomic mass is 9.99. The number of methoxy groups -OCH3 is 2. The van der Waals surface area contributed by atoms with Crippen molar-refractivity contribution < 1.29 is 9.47 Å². The molecular weight excluding hydrogens is 226 g/mol. The Labute approximate surface area is 110 Å². The Morgan fingerprint density at radius 2 is 2.11 bits per heavy atom. The van der Waals surface area contributed by atoms with E-state index in [-0.39, 0.29) is 0 Å². The molecule has 1 heterocycles. The van der Waals surface area contributed by atoms with Gasteiger partial charge in [-0.15, -0.1) is 0 Å². The second-order valence-corrected chi connectivity index (χ2v) is 5.14. The number of piperidine rings is 1. The minimum atomic E-state index is 0.801. The van der Waals surface area contributed by atoms with Crippen molar-refractivity contribution in [1.82, 2.24) is 4.90 Å². The number of hydrogen-bond donors (Lipinski definition) is 0. The molecule has 2 rings (SSSR count). The Morgan fingerprint density at radius 3 is 2.78 bits per heavy atom. The molecule has 1 atom stereocenters. The number of para-hydroxylation sites is 1. The van der Waals surface area contributed by atoms with E-state index in [9.17, 15) is 0 Å². The number of rotatable bonds is 4. The Morgan fingerprint density at radius 1 is 1.28 bits per heavy atom. The Hall–Kier alpha value is -1.22. The number of ether oxygens (including phenoxy) is 2. The van der Waals surface area contributed by atoms with Crippen LogP contribution in [0.5, 0.6) is 11.5 Å². The Bertz CT molecular complexity index is 392. The highest BCUT2D eigenvalue weighted by atomic mass is 16.5. The number of hydrogen-bond acceptors (Lipinski definition) is 3. The van der Waals surface area contributed by atoms with Crippen molar-refractivity contribution in [3.63, 3.8) is 0 Å². The van der Waals surface area contributed by atoms with Crippen molar-refractivity contribution >= 4 is 0 Å². The van der Waals surface area contributed by atoms with Crippen LogP contribution < -0.4 is 9.47 Å². The third-order valence-corrected chi connectivity index (χ3v) is 3.62. The highest BCUT2D eigenvalue weighted by molar-refractivity contribution is 5.46. The summed E-state index contributed by atoms with van der Waals surface area (Å²) in [6.45, 7) is 5.64. The molecule has 1 fully saturated rings. The van der Waals surface area contributed by atoms with E-state index in [4.69, 9.17) is 9.47 Å². The first-order valence-corrected chi connectivity index (χ1v) is 6.66. The molecule has 0 unspecified atom stereocenters. The predicted molar refractivity (Wildman–Crippen MR) is 73.2 cm³/mol. The van der Waals surface area contributed by atoms with Crippen molar-refractivity contribution in [2.45, 2.75) is 26.3 Å². The SMILES string of the molecule is COc1cccc(CN2CCC[C@H](C)C2)c1OC. The van der Waals surface area contributed by atoms with E-state index in [1.165, 1.54) is 31.5 Å². The molecule has 1 saturated heterocycles. The summed E-state index contributed by atoms with van der Waals surface area (Å²) in [6, 6.07) is 6.10. The normalized spacial score (nSPS) is 20.7. The van der Waals surface area contributed by atoms with Crippen LogP contribution in [0, 0.1) is 5.92 Å². The molecule has 1 aromatic rings. The quantitative estimate of drug-likeness (QED) is 0.819. The molecule has 100 valence electrons. The van der Waals surface area contributed by atoms with Gasteiger partial charge in [0.2, 0.25) is 0 Å². The molecular formula is C15H23NO2. The molecule has 1 aliphatic heterocycles. The second-order valence-electron chi connectivity index (χ2n) is 5.14. The molecule has 3 nitrogen and oxygen atoms in total. The zero-order valence-electron chi connectivity index (χ0n) is 11.6. The molecule has 0 radical (unpaired) electrons. The van der Waals surface area contributed by atoms with E-state index in [1.807, 2.05) is 12.1 Å². The van der Waals surface area contributed by atoms with Gasteiger partial charge in [0.25, 0.3) is 0 Å². The van der Waals surface area contributed by atoms with Gasteiger partial charge in [0, 0.05) is 18.7 Å². The van der Waals surface area contributed by atoms with Crippen LogP contribution in [0.15, 0.2) is 18.2 Å². The summed E-state index contributed by atoms with van der Waals surface area (Å²) in [6.07, 6.45) is 2.65. The van der Waals surface area contributed by atoms with Gasteiger partial charge in [-0.2, -0.15) is 0 Å². The van der Waals surface area contributed by atoms with E-state index >= 15 is 0 Å². The van der Waals surface area contributed by atoms with Crippen LogP contribution in [0.3, 0.4) is 0 Å². The maximum atomic E-state index is 5.48. The number of likely N-dealkylation sites (tertiary alicyclic amines) is 1. The fourth-order valence-corrected chi connectivity index (χ4v) is 2.75. The monoisotopic (exact) mass is 249 g/mol. The lowest BCUT2D eigenvalue weighted by Gasteiger charge is -2.31. The lowest BCUT2D eigenvalue weighted by molar-refractivity contribution is 0.174. The molecule has 18 heavy (non-hydrogen) atoms. The summed E-state index contributed by atoms with van der Waals surface area (Å²) in [5, 5.41) is 0. The van der Waals surface area contributed by atoms with Gasteiger partial charge in [0.05, 0.1) is 14.2 Å². The molecule has 3 heteroatoms. The fourth-order valence-electron chi connectivity index (χ4n) is 2.75. The molecule has 1 aliphatic rings. The molecule has 0 bridgehead atoms. The number of benzene rings is 1. The van der Waals surface area contributed by atoms with Gasteiger partial charge in [-0.05, 0) is 31.4 Å². The maximum Gasteiger partial charge on any atom is 0.165 e. The first kappa shape index (κ1) is 13.2. The van der Waals surface area contributed by atoms with E-state index in [1.54, 1.807) is 14.2 Å². The smallest absolute Gasteiger partial charge is 0.165 e. The van der Waals surface area contributed by atoms with Gasteiger partial charge < -0.3 is 9.47 Å². The molecule has 0 N–H and O–H groups in total. The van der Waals surface area contributed by atoms with E-state index in [0.29, 0.717) is 0 Å². The first-order chi connectivity index (χ1) is 8.74. The Balaban J connectivity index is 2.12. The maximum absolute atomic E-state index is 5.48. The van der Waals surface area contributed by atoms with Crippen molar-refractivity contribution in [3.8, 4) is 11.5 Å². The molecule has 0 spiro atoms. The summed E-state index contributed by atoms with van der Waals surface area (Å²) in [4.78, 5) is 2.51. The summed E-state index contributed by atoms with van der Waals surface area (Å²) >= 11 is 0. The third kappa shape index (κ3) is 2.96. The van der Waals surface area contributed by atoms with Crippen molar-refractivity contribution in [1.29, 1.82) is 0 Å². The van der Waals surface area contributed by atoms with Crippen LogP contribution in [-0.4, -0.2) is 32.2 Å². The van der Waals surface area contributed by atoms with Crippen LogP contribution in [0.25, 0.3) is 0 Å². The highest BCUT2D eigenvalue weighted by Crippen LogP contribution is 2.32. The van der Waals surface area contributed by atoms with Gasteiger partial charge >= 0.3 is 0 Å².